The van der Waals surface area contributed by atoms with E-state index in [-0.39, 0.29) is 17.6 Å². The number of carbonyl (C=O) groups excluding carboxylic acids is 1. The van der Waals surface area contributed by atoms with Crippen LogP contribution in [0.2, 0.25) is 0 Å². The molecular weight excluding hydrogens is 340 g/mol. The van der Waals surface area contributed by atoms with E-state index in [4.69, 9.17) is 4.74 Å². The van der Waals surface area contributed by atoms with Crippen LogP contribution >= 0.6 is 0 Å². The molecular formula is C18H28N2O4S. The van der Waals surface area contributed by atoms with E-state index >= 15 is 0 Å². The van der Waals surface area contributed by atoms with Gasteiger partial charge in [-0.15, -0.1) is 0 Å². The van der Waals surface area contributed by atoms with E-state index in [0.29, 0.717) is 39.1 Å². The fourth-order valence-electron chi connectivity index (χ4n) is 3.02. The number of hydrogen-bond acceptors (Lipinski definition) is 4. The third-order valence-corrected chi connectivity index (χ3v) is 6.45. The summed E-state index contributed by atoms with van der Waals surface area (Å²) in [6, 6.07) is 6.00. The van der Waals surface area contributed by atoms with Crippen molar-refractivity contribution in [1.29, 1.82) is 0 Å². The van der Waals surface area contributed by atoms with Crippen LogP contribution in [0.5, 0.6) is 5.75 Å². The van der Waals surface area contributed by atoms with E-state index in [1.165, 1.54) is 9.87 Å². The van der Waals surface area contributed by atoms with Gasteiger partial charge in [0.05, 0.1) is 12.3 Å². The summed E-state index contributed by atoms with van der Waals surface area (Å²) < 4.78 is 30.9. The first kappa shape index (κ1) is 19.7. The number of nitrogens with one attached hydrogen (secondary N) is 1. The average molecular weight is 368 g/mol. The van der Waals surface area contributed by atoms with Crippen molar-refractivity contribution in [3.05, 3.63) is 29.3 Å². The first-order valence-corrected chi connectivity index (χ1v) is 10.4. The summed E-state index contributed by atoms with van der Waals surface area (Å²) in [6.07, 6.45) is 1.14. The van der Waals surface area contributed by atoms with E-state index in [2.05, 4.69) is 11.4 Å². The predicted octanol–water partition coefficient (Wildman–Crippen LogP) is 1.86. The number of rotatable bonds is 7. The molecule has 2 rings (SSSR count). The van der Waals surface area contributed by atoms with E-state index in [0.717, 1.165) is 11.3 Å². The smallest absolute Gasteiger partial charge is 0.223 e. The van der Waals surface area contributed by atoms with Crippen LogP contribution in [-0.4, -0.2) is 50.6 Å². The van der Waals surface area contributed by atoms with Crippen LogP contribution in [0.25, 0.3) is 0 Å². The first-order valence-electron chi connectivity index (χ1n) is 8.79. The molecule has 7 heteroatoms. The van der Waals surface area contributed by atoms with Gasteiger partial charge in [0.25, 0.3) is 0 Å². The molecule has 1 aliphatic heterocycles. The molecule has 0 spiro atoms. The highest BCUT2D eigenvalue weighted by molar-refractivity contribution is 7.89. The van der Waals surface area contributed by atoms with Gasteiger partial charge in [0, 0.05) is 19.0 Å². The van der Waals surface area contributed by atoms with E-state index in [1.54, 1.807) is 6.92 Å². The number of amides is 1. The van der Waals surface area contributed by atoms with Crippen LogP contribution in [0.15, 0.2) is 18.2 Å². The zero-order valence-corrected chi connectivity index (χ0v) is 16.1. The van der Waals surface area contributed by atoms with Gasteiger partial charge in [-0.1, -0.05) is 17.7 Å². The summed E-state index contributed by atoms with van der Waals surface area (Å²) in [5.41, 5.74) is 2.27. The van der Waals surface area contributed by atoms with Gasteiger partial charge in [-0.25, -0.2) is 12.7 Å². The van der Waals surface area contributed by atoms with E-state index in [1.807, 2.05) is 26.0 Å². The summed E-state index contributed by atoms with van der Waals surface area (Å²) in [6.45, 7) is 7.38. The lowest BCUT2D eigenvalue weighted by Gasteiger charge is -2.30. The molecule has 1 fully saturated rings. The van der Waals surface area contributed by atoms with Crippen LogP contribution in [-0.2, 0) is 14.8 Å². The SMILES string of the molecule is CCS(=O)(=O)N1CCC(C(=O)NCCOc2ccc(C)cc2C)CC1. The molecule has 1 aromatic carbocycles. The number of ether oxygens (including phenoxy) is 1. The molecule has 0 aromatic heterocycles. The summed E-state index contributed by atoms with van der Waals surface area (Å²) in [5, 5.41) is 2.89. The van der Waals surface area contributed by atoms with Crippen molar-refractivity contribution in [1.82, 2.24) is 9.62 Å². The molecule has 0 aliphatic carbocycles. The quantitative estimate of drug-likeness (QED) is 0.746. The number of aryl methyl sites for hydroxylation is 2. The lowest BCUT2D eigenvalue weighted by molar-refractivity contribution is -0.126. The highest BCUT2D eigenvalue weighted by atomic mass is 32.2. The Bertz CT molecular complexity index is 695. The topological polar surface area (TPSA) is 75.7 Å². The van der Waals surface area contributed by atoms with Crippen molar-refractivity contribution in [2.24, 2.45) is 5.92 Å². The number of nitrogens with zero attached hydrogens (tertiary/aromatic N) is 1. The fourth-order valence-corrected chi connectivity index (χ4v) is 4.15. The molecule has 1 amide bonds. The Balaban J connectivity index is 1.71. The van der Waals surface area contributed by atoms with Crippen LogP contribution in [0.3, 0.4) is 0 Å². The Morgan fingerprint density at radius 1 is 1.28 bits per heavy atom. The third kappa shape index (κ3) is 5.44. The Kier molecular flexibility index (Phi) is 6.84. The maximum atomic E-state index is 12.2. The maximum Gasteiger partial charge on any atom is 0.223 e. The van der Waals surface area contributed by atoms with Crippen molar-refractivity contribution < 1.29 is 17.9 Å². The second-order valence-electron chi connectivity index (χ2n) is 6.48. The van der Waals surface area contributed by atoms with Gasteiger partial charge in [0.15, 0.2) is 0 Å². The molecule has 140 valence electrons. The number of hydrogen-bond donors (Lipinski definition) is 1. The largest absolute Gasteiger partial charge is 0.491 e. The second-order valence-corrected chi connectivity index (χ2v) is 8.74. The Morgan fingerprint density at radius 3 is 2.56 bits per heavy atom. The number of piperidine rings is 1. The van der Waals surface area contributed by atoms with Crippen LogP contribution in [0, 0.1) is 19.8 Å². The zero-order valence-electron chi connectivity index (χ0n) is 15.2. The predicted molar refractivity (Wildman–Crippen MR) is 98.2 cm³/mol. The lowest BCUT2D eigenvalue weighted by atomic mass is 9.97. The highest BCUT2D eigenvalue weighted by Gasteiger charge is 2.29. The van der Waals surface area contributed by atoms with Gasteiger partial charge in [-0.05, 0) is 45.2 Å². The standard InChI is InChI=1S/C18H28N2O4S/c1-4-25(22,23)20-10-7-16(8-11-20)18(21)19-9-12-24-17-6-5-14(2)13-15(17)3/h5-6,13,16H,4,7-12H2,1-3H3,(H,19,21). The number of benzene rings is 1. The van der Waals surface area contributed by atoms with Gasteiger partial charge in [0.1, 0.15) is 12.4 Å². The molecule has 1 aromatic rings. The van der Waals surface area contributed by atoms with Gasteiger partial charge in [0.2, 0.25) is 15.9 Å². The van der Waals surface area contributed by atoms with Crippen LogP contribution in [0.4, 0.5) is 0 Å². The molecule has 0 radical (unpaired) electrons. The monoisotopic (exact) mass is 368 g/mol. The summed E-state index contributed by atoms with van der Waals surface area (Å²) in [5.74, 6) is 0.805. The van der Waals surface area contributed by atoms with Gasteiger partial charge in [-0.2, -0.15) is 0 Å². The van der Waals surface area contributed by atoms with E-state index < -0.39 is 10.0 Å². The Labute approximate surface area is 150 Å². The van der Waals surface area contributed by atoms with Crippen molar-refractivity contribution in [3.8, 4) is 5.75 Å². The van der Waals surface area contributed by atoms with Crippen molar-refractivity contribution in [2.75, 3.05) is 32.0 Å². The first-order chi connectivity index (χ1) is 11.8. The summed E-state index contributed by atoms with van der Waals surface area (Å²) >= 11 is 0. The van der Waals surface area contributed by atoms with Crippen LogP contribution < -0.4 is 10.1 Å². The minimum Gasteiger partial charge on any atom is -0.491 e. The number of sulfonamides is 1. The zero-order chi connectivity index (χ0) is 18.4. The van der Waals surface area contributed by atoms with Crippen molar-refractivity contribution in [3.63, 3.8) is 0 Å². The molecule has 1 heterocycles. The fraction of sp³-hybridized carbons (Fsp3) is 0.611. The molecule has 25 heavy (non-hydrogen) atoms. The average Bonchev–Trinajstić information content (AvgIpc) is 2.60. The van der Waals surface area contributed by atoms with Crippen molar-refractivity contribution in [2.45, 2.75) is 33.6 Å². The third-order valence-electron chi connectivity index (χ3n) is 4.57. The minimum atomic E-state index is -3.15. The summed E-state index contributed by atoms with van der Waals surface area (Å²) in [4.78, 5) is 12.2. The molecule has 1 aliphatic rings. The molecule has 1 saturated heterocycles. The van der Waals surface area contributed by atoms with Gasteiger partial charge < -0.3 is 10.1 Å². The normalized spacial score (nSPS) is 16.6. The molecule has 0 unspecified atom stereocenters. The highest BCUT2D eigenvalue weighted by Crippen LogP contribution is 2.20. The van der Waals surface area contributed by atoms with E-state index in [9.17, 15) is 13.2 Å². The summed E-state index contributed by atoms with van der Waals surface area (Å²) in [7, 11) is -3.15. The minimum absolute atomic E-state index is 0.0159. The Hall–Kier alpha value is -1.60. The second kappa shape index (κ2) is 8.67. The molecule has 1 N–H and O–H groups in total. The lowest BCUT2D eigenvalue weighted by Crippen LogP contribution is -2.44. The maximum absolute atomic E-state index is 12.2. The molecule has 0 atom stereocenters. The molecule has 6 nitrogen and oxygen atoms in total. The van der Waals surface area contributed by atoms with Gasteiger partial charge >= 0.3 is 0 Å². The number of carbonyl (C=O) groups is 1. The van der Waals surface area contributed by atoms with Crippen LogP contribution in [0.1, 0.15) is 30.9 Å². The molecule has 0 bridgehead atoms. The van der Waals surface area contributed by atoms with Gasteiger partial charge in [-0.3, -0.25) is 4.79 Å². The molecule has 0 saturated carbocycles. The Morgan fingerprint density at radius 2 is 1.96 bits per heavy atom. The van der Waals surface area contributed by atoms with Crippen molar-refractivity contribution >= 4 is 15.9 Å².